The Bertz CT molecular complexity index is 374. The molecule has 0 bridgehead atoms. The largest absolute Gasteiger partial charge is 0.374 e. The van der Waals surface area contributed by atoms with Crippen LogP contribution in [0.15, 0.2) is 24.3 Å². The summed E-state index contributed by atoms with van der Waals surface area (Å²) in [6.45, 7) is 2.48. The van der Waals surface area contributed by atoms with Crippen LogP contribution in [0.2, 0.25) is 0 Å². The number of nitrogens with one attached hydrogen (secondary N) is 1. The molecule has 0 amide bonds. The summed E-state index contributed by atoms with van der Waals surface area (Å²) >= 11 is 0. The highest BCUT2D eigenvalue weighted by atomic mass is 14.8. The summed E-state index contributed by atoms with van der Waals surface area (Å²) in [4.78, 5) is 0. The Balaban J connectivity index is 2.54. The van der Waals surface area contributed by atoms with Crippen LogP contribution in [-0.2, 0) is 6.42 Å². The van der Waals surface area contributed by atoms with E-state index in [2.05, 4.69) is 23.2 Å². The van der Waals surface area contributed by atoms with Gasteiger partial charge in [-0.15, -0.1) is 5.92 Å². The molecular formula is C12H12N2. The van der Waals surface area contributed by atoms with Crippen molar-refractivity contribution in [2.75, 3.05) is 11.9 Å². The van der Waals surface area contributed by atoms with Crippen LogP contribution in [0.4, 0.5) is 5.69 Å². The van der Waals surface area contributed by atoms with Gasteiger partial charge in [0.05, 0.1) is 19.0 Å². The van der Waals surface area contributed by atoms with Gasteiger partial charge in [0, 0.05) is 5.69 Å². The number of nitrogens with zero attached hydrogens (tertiary/aromatic N) is 1. The van der Waals surface area contributed by atoms with Crippen molar-refractivity contribution in [1.29, 1.82) is 5.26 Å². The van der Waals surface area contributed by atoms with Gasteiger partial charge in [-0.05, 0) is 24.6 Å². The highest BCUT2D eigenvalue weighted by molar-refractivity contribution is 5.45. The lowest BCUT2D eigenvalue weighted by molar-refractivity contribution is 1.26. The van der Waals surface area contributed by atoms with Gasteiger partial charge in [-0.3, -0.25) is 0 Å². The third-order valence-corrected chi connectivity index (χ3v) is 1.79. The Labute approximate surface area is 84.6 Å². The molecule has 2 heteroatoms. The van der Waals surface area contributed by atoms with Gasteiger partial charge in [0.25, 0.3) is 0 Å². The molecule has 0 radical (unpaired) electrons. The molecule has 0 spiro atoms. The van der Waals surface area contributed by atoms with Gasteiger partial charge in [0.1, 0.15) is 0 Å². The monoisotopic (exact) mass is 184 g/mol. The van der Waals surface area contributed by atoms with Crippen molar-refractivity contribution in [1.82, 2.24) is 0 Å². The third-order valence-electron chi connectivity index (χ3n) is 1.79. The molecule has 1 N–H and O–H groups in total. The molecule has 0 atom stereocenters. The maximum Gasteiger partial charge on any atom is 0.0765 e. The Morgan fingerprint density at radius 3 is 2.57 bits per heavy atom. The molecule has 0 aromatic heterocycles. The minimum Gasteiger partial charge on any atom is -0.374 e. The van der Waals surface area contributed by atoms with Crippen molar-refractivity contribution in [3.05, 3.63) is 29.8 Å². The zero-order chi connectivity index (χ0) is 10.2. The van der Waals surface area contributed by atoms with Gasteiger partial charge < -0.3 is 5.32 Å². The standard InChI is InChI=1S/C12H12N2/c1-2-3-10-14-12-6-4-11(5-7-12)8-9-13/h4-7,14H,8,10H2,1H3. The van der Waals surface area contributed by atoms with E-state index >= 15 is 0 Å². The van der Waals surface area contributed by atoms with E-state index in [4.69, 9.17) is 5.26 Å². The summed E-state index contributed by atoms with van der Waals surface area (Å²) in [7, 11) is 0. The molecule has 2 nitrogen and oxygen atoms in total. The fourth-order valence-corrected chi connectivity index (χ4v) is 1.07. The minimum atomic E-state index is 0.467. The van der Waals surface area contributed by atoms with Crippen molar-refractivity contribution >= 4 is 5.69 Å². The Hall–Kier alpha value is -1.93. The van der Waals surface area contributed by atoms with E-state index < -0.39 is 0 Å². The first-order valence-electron chi connectivity index (χ1n) is 4.46. The number of rotatable bonds is 3. The first kappa shape index (κ1) is 10.2. The van der Waals surface area contributed by atoms with Crippen LogP contribution < -0.4 is 5.32 Å². The molecule has 14 heavy (non-hydrogen) atoms. The number of nitriles is 1. The van der Waals surface area contributed by atoms with Crippen LogP contribution in [0.25, 0.3) is 0 Å². The number of hydrogen-bond donors (Lipinski definition) is 1. The second kappa shape index (κ2) is 5.67. The average Bonchev–Trinajstić information content (AvgIpc) is 2.21. The first-order valence-corrected chi connectivity index (χ1v) is 4.46. The van der Waals surface area contributed by atoms with Gasteiger partial charge in [0.15, 0.2) is 0 Å². The van der Waals surface area contributed by atoms with E-state index in [1.54, 1.807) is 0 Å². The number of anilines is 1. The highest BCUT2D eigenvalue weighted by Crippen LogP contribution is 2.08. The summed E-state index contributed by atoms with van der Waals surface area (Å²) in [5, 5.41) is 11.6. The molecule has 0 unspecified atom stereocenters. The quantitative estimate of drug-likeness (QED) is 0.731. The van der Waals surface area contributed by atoms with Crippen molar-refractivity contribution in [3.63, 3.8) is 0 Å². The van der Waals surface area contributed by atoms with Crippen LogP contribution in [0, 0.1) is 23.2 Å². The third kappa shape index (κ3) is 3.21. The zero-order valence-electron chi connectivity index (χ0n) is 8.17. The van der Waals surface area contributed by atoms with Gasteiger partial charge in [0.2, 0.25) is 0 Å². The van der Waals surface area contributed by atoms with Gasteiger partial charge in [-0.1, -0.05) is 18.1 Å². The topological polar surface area (TPSA) is 35.8 Å². The second-order valence-electron chi connectivity index (χ2n) is 2.81. The van der Waals surface area contributed by atoms with Gasteiger partial charge >= 0.3 is 0 Å². The van der Waals surface area contributed by atoms with Crippen molar-refractivity contribution < 1.29 is 0 Å². The normalized spacial score (nSPS) is 8.29. The van der Waals surface area contributed by atoms with Crippen LogP contribution in [-0.4, -0.2) is 6.54 Å². The summed E-state index contributed by atoms with van der Waals surface area (Å²) in [5.41, 5.74) is 2.08. The molecule has 1 aromatic carbocycles. The fraction of sp³-hybridized carbons (Fsp3) is 0.250. The minimum absolute atomic E-state index is 0.467. The molecular weight excluding hydrogens is 172 g/mol. The predicted molar refractivity (Wildman–Crippen MR) is 57.7 cm³/mol. The fourth-order valence-electron chi connectivity index (χ4n) is 1.07. The molecule has 0 aliphatic carbocycles. The van der Waals surface area contributed by atoms with E-state index in [0.29, 0.717) is 13.0 Å². The van der Waals surface area contributed by atoms with Crippen LogP contribution in [0.3, 0.4) is 0 Å². The van der Waals surface area contributed by atoms with Gasteiger partial charge in [-0.25, -0.2) is 0 Å². The van der Waals surface area contributed by atoms with E-state index in [9.17, 15) is 0 Å². The highest BCUT2D eigenvalue weighted by Gasteiger charge is 1.92. The molecule has 0 saturated heterocycles. The van der Waals surface area contributed by atoms with Crippen LogP contribution in [0.5, 0.6) is 0 Å². The average molecular weight is 184 g/mol. The van der Waals surface area contributed by atoms with E-state index in [1.807, 2.05) is 31.2 Å². The summed E-state index contributed by atoms with van der Waals surface area (Å²) < 4.78 is 0. The molecule has 0 saturated carbocycles. The lowest BCUT2D eigenvalue weighted by atomic mass is 10.1. The van der Waals surface area contributed by atoms with Crippen molar-refractivity contribution in [2.24, 2.45) is 0 Å². The smallest absolute Gasteiger partial charge is 0.0765 e. The van der Waals surface area contributed by atoms with Crippen molar-refractivity contribution in [3.8, 4) is 17.9 Å². The SMILES string of the molecule is CC#CCNc1ccc(CC#N)cc1. The first-order chi connectivity index (χ1) is 6.86. The molecule has 0 heterocycles. The molecule has 70 valence electrons. The second-order valence-corrected chi connectivity index (χ2v) is 2.81. The van der Waals surface area contributed by atoms with E-state index in [0.717, 1.165) is 11.3 Å². The molecule has 0 aliphatic rings. The Kier molecular flexibility index (Phi) is 4.11. The maximum atomic E-state index is 8.48. The maximum absolute atomic E-state index is 8.48. The molecule has 0 aliphatic heterocycles. The van der Waals surface area contributed by atoms with Crippen LogP contribution in [0.1, 0.15) is 12.5 Å². The zero-order valence-corrected chi connectivity index (χ0v) is 8.17. The predicted octanol–water partition coefficient (Wildman–Crippen LogP) is 2.19. The van der Waals surface area contributed by atoms with E-state index in [1.165, 1.54) is 0 Å². The van der Waals surface area contributed by atoms with E-state index in [-0.39, 0.29) is 0 Å². The lowest BCUT2D eigenvalue weighted by Gasteiger charge is -2.02. The lowest BCUT2D eigenvalue weighted by Crippen LogP contribution is -1.98. The van der Waals surface area contributed by atoms with Crippen molar-refractivity contribution in [2.45, 2.75) is 13.3 Å². The summed E-state index contributed by atoms with van der Waals surface area (Å²) in [5.74, 6) is 5.74. The summed E-state index contributed by atoms with van der Waals surface area (Å²) in [6.07, 6.45) is 0.467. The number of benzene rings is 1. The van der Waals surface area contributed by atoms with Gasteiger partial charge in [-0.2, -0.15) is 5.26 Å². The summed E-state index contributed by atoms with van der Waals surface area (Å²) in [6, 6.07) is 9.94. The Morgan fingerprint density at radius 2 is 2.00 bits per heavy atom. The molecule has 1 aromatic rings. The van der Waals surface area contributed by atoms with Crippen LogP contribution >= 0.6 is 0 Å². The Morgan fingerprint density at radius 1 is 1.29 bits per heavy atom. The molecule has 1 rings (SSSR count). The number of hydrogen-bond acceptors (Lipinski definition) is 2. The molecule has 0 fully saturated rings.